The van der Waals surface area contributed by atoms with Crippen molar-refractivity contribution in [2.75, 3.05) is 45.0 Å². The molecule has 3 aliphatic heterocycles. The average Bonchev–Trinajstić information content (AvgIpc) is 3.38. The molecule has 224 valence electrons. The summed E-state index contributed by atoms with van der Waals surface area (Å²) in [6, 6.07) is 17.5. The van der Waals surface area contributed by atoms with Crippen molar-refractivity contribution < 1.29 is 19.0 Å². The van der Waals surface area contributed by atoms with Crippen LogP contribution in [-0.4, -0.2) is 103 Å². The third-order valence-corrected chi connectivity index (χ3v) is 9.13. The minimum Gasteiger partial charge on any atom is -0.465 e. The molecule has 43 heavy (non-hydrogen) atoms. The number of anilines is 1. The van der Waals surface area contributed by atoms with Crippen molar-refractivity contribution in [2.45, 2.75) is 43.6 Å². The summed E-state index contributed by atoms with van der Waals surface area (Å²) in [6.45, 7) is 3.64. The van der Waals surface area contributed by atoms with E-state index in [4.69, 9.17) is 20.7 Å². The molecule has 3 fully saturated rings. The third-order valence-electron chi connectivity index (χ3n) is 9.13. The van der Waals surface area contributed by atoms with Gasteiger partial charge >= 0.3 is 6.09 Å². The number of amides is 1. The van der Waals surface area contributed by atoms with Crippen LogP contribution >= 0.6 is 0 Å². The van der Waals surface area contributed by atoms with Gasteiger partial charge < -0.3 is 20.5 Å². The van der Waals surface area contributed by atoms with E-state index in [2.05, 4.69) is 19.8 Å². The summed E-state index contributed by atoms with van der Waals surface area (Å²) >= 11 is 0. The number of halogens is 1. The van der Waals surface area contributed by atoms with Gasteiger partial charge in [-0.15, -0.1) is 0 Å². The number of rotatable bonds is 6. The molecule has 3 aliphatic rings. The van der Waals surface area contributed by atoms with E-state index in [1.165, 1.54) is 11.2 Å². The number of nitrogen functional groups attached to an aromatic ring is 1. The molecular formula is C31H35FN8O3. The summed E-state index contributed by atoms with van der Waals surface area (Å²) in [7, 11) is 0. The van der Waals surface area contributed by atoms with Crippen molar-refractivity contribution in [3.05, 3.63) is 60.9 Å². The number of likely N-dealkylation sites (tertiary alicyclic amines) is 3. The summed E-state index contributed by atoms with van der Waals surface area (Å²) in [4.78, 5) is 25.7. The van der Waals surface area contributed by atoms with Crippen LogP contribution in [0.5, 0.6) is 11.5 Å². The van der Waals surface area contributed by atoms with E-state index in [1.807, 2.05) is 59.3 Å². The largest absolute Gasteiger partial charge is 0.465 e. The molecule has 2 unspecified atom stereocenters. The number of nitrogens with zero attached hydrogens (tertiary/aromatic N) is 7. The number of carbonyl (C=O) groups is 1. The van der Waals surface area contributed by atoms with Crippen LogP contribution < -0.4 is 10.5 Å². The molecule has 7 rings (SSSR count). The van der Waals surface area contributed by atoms with Gasteiger partial charge in [0.1, 0.15) is 35.5 Å². The van der Waals surface area contributed by atoms with E-state index in [9.17, 15) is 4.79 Å². The van der Waals surface area contributed by atoms with Gasteiger partial charge in [-0.05, 0) is 55.7 Å². The van der Waals surface area contributed by atoms with Crippen molar-refractivity contribution >= 4 is 22.9 Å². The Balaban J connectivity index is 1.03. The molecular weight excluding hydrogens is 551 g/mol. The van der Waals surface area contributed by atoms with E-state index >= 15 is 4.39 Å². The summed E-state index contributed by atoms with van der Waals surface area (Å²) in [5.74, 6) is 1.88. The molecule has 0 aliphatic carbocycles. The van der Waals surface area contributed by atoms with Crippen LogP contribution in [0.2, 0.25) is 0 Å². The predicted octanol–water partition coefficient (Wildman–Crippen LogP) is 4.28. The topological polar surface area (TPSA) is 126 Å². The highest BCUT2D eigenvalue weighted by atomic mass is 19.1. The Kier molecular flexibility index (Phi) is 7.31. The zero-order valence-electron chi connectivity index (χ0n) is 23.8. The molecule has 11 nitrogen and oxygen atoms in total. The fraction of sp³-hybridized carbons (Fsp3) is 0.419. The Morgan fingerprint density at radius 3 is 2.28 bits per heavy atom. The number of benzene rings is 2. The minimum absolute atomic E-state index is 0.109. The first-order valence-corrected chi connectivity index (χ1v) is 14.9. The summed E-state index contributed by atoms with van der Waals surface area (Å²) in [6.07, 6.45) is 2.02. The minimum atomic E-state index is -0.956. The van der Waals surface area contributed by atoms with Crippen molar-refractivity contribution in [1.82, 2.24) is 34.4 Å². The maximum absolute atomic E-state index is 15.4. The number of nitrogens with two attached hydrogens (primary N) is 1. The van der Waals surface area contributed by atoms with E-state index in [1.54, 1.807) is 0 Å². The highest BCUT2D eigenvalue weighted by Crippen LogP contribution is 2.36. The van der Waals surface area contributed by atoms with Crippen molar-refractivity contribution in [1.29, 1.82) is 0 Å². The molecule has 1 amide bonds. The summed E-state index contributed by atoms with van der Waals surface area (Å²) < 4.78 is 23.3. The summed E-state index contributed by atoms with van der Waals surface area (Å²) in [5, 5.41) is 14.9. The van der Waals surface area contributed by atoms with Crippen LogP contribution in [0.1, 0.15) is 25.3 Å². The van der Waals surface area contributed by atoms with Crippen LogP contribution in [0, 0.1) is 0 Å². The van der Waals surface area contributed by atoms with Gasteiger partial charge in [-0.2, -0.15) is 5.10 Å². The van der Waals surface area contributed by atoms with E-state index in [-0.39, 0.29) is 18.1 Å². The first-order chi connectivity index (χ1) is 20.9. The van der Waals surface area contributed by atoms with E-state index in [0.29, 0.717) is 31.1 Å². The standard InChI is InChI=1S/C31H35FN8O3/c32-25-18-38(22-16-39(17-22)31(41)42)15-12-26(25)37-13-10-21(11-14-37)40-30-27(29(33)34-19-35-30)28(36-40)20-6-8-24(9-7-20)43-23-4-2-1-3-5-23/h1-9,19,21-22,25-26H,10-18H2,(H,41,42)(H2,33,34,35). The highest BCUT2D eigenvalue weighted by molar-refractivity contribution is 5.98. The van der Waals surface area contributed by atoms with Crippen LogP contribution in [-0.2, 0) is 0 Å². The second-order valence-corrected chi connectivity index (χ2v) is 11.7. The fourth-order valence-electron chi connectivity index (χ4n) is 6.72. The molecule has 3 N–H and O–H groups in total. The van der Waals surface area contributed by atoms with Crippen molar-refractivity contribution in [2.24, 2.45) is 0 Å². The van der Waals surface area contributed by atoms with Crippen LogP contribution in [0.3, 0.4) is 0 Å². The smallest absolute Gasteiger partial charge is 0.407 e. The zero-order chi connectivity index (χ0) is 29.5. The lowest BCUT2D eigenvalue weighted by atomic mass is 9.94. The average molecular weight is 587 g/mol. The number of carboxylic acid groups (broad SMARTS) is 1. The van der Waals surface area contributed by atoms with Gasteiger partial charge in [-0.3, -0.25) is 9.80 Å². The van der Waals surface area contributed by atoms with Gasteiger partial charge in [0, 0.05) is 56.9 Å². The normalized spacial score (nSPS) is 22.5. The number of piperidine rings is 2. The molecule has 4 aromatic rings. The number of para-hydroxylation sites is 1. The number of ether oxygens (including phenoxy) is 1. The molecule has 0 bridgehead atoms. The van der Waals surface area contributed by atoms with Gasteiger partial charge in [0.25, 0.3) is 0 Å². The molecule has 0 spiro atoms. The van der Waals surface area contributed by atoms with Gasteiger partial charge in [-0.25, -0.2) is 23.8 Å². The molecule has 2 atom stereocenters. The molecule has 0 saturated carbocycles. The SMILES string of the molecule is Nc1ncnc2c1c(-c1ccc(Oc3ccccc3)cc1)nn2C1CCN(C2CCN(C3CN(C(=O)O)C3)CC2F)CC1. The Bertz CT molecular complexity index is 1590. The third kappa shape index (κ3) is 5.36. The molecule has 12 heteroatoms. The van der Waals surface area contributed by atoms with E-state index in [0.717, 1.165) is 67.0 Å². The van der Waals surface area contributed by atoms with Crippen LogP contribution in [0.25, 0.3) is 22.3 Å². The van der Waals surface area contributed by atoms with Crippen LogP contribution in [0.4, 0.5) is 15.0 Å². The molecule has 3 saturated heterocycles. The van der Waals surface area contributed by atoms with Gasteiger partial charge in [-0.1, -0.05) is 18.2 Å². The first-order valence-electron chi connectivity index (χ1n) is 14.9. The lowest BCUT2D eigenvalue weighted by molar-refractivity contribution is -0.0288. The van der Waals surface area contributed by atoms with Crippen molar-refractivity contribution in [3.8, 4) is 22.8 Å². The van der Waals surface area contributed by atoms with Gasteiger partial charge in [0.05, 0.1) is 11.4 Å². The van der Waals surface area contributed by atoms with Crippen LogP contribution in [0.15, 0.2) is 60.9 Å². The molecule has 2 aromatic heterocycles. The highest BCUT2D eigenvalue weighted by Gasteiger charge is 2.41. The fourth-order valence-corrected chi connectivity index (χ4v) is 6.72. The monoisotopic (exact) mass is 586 g/mol. The Hall–Kier alpha value is -4.29. The summed E-state index contributed by atoms with van der Waals surface area (Å²) in [5.41, 5.74) is 8.69. The lowest BCUT2D eigenvalue weighted by Crippen LogP contribution is -2.65. The van der Waals surface area contributed by atoms with E-state index < -0.39 is 12.3 Å². The Morgan fingerprint density at radius 2 is 1.58 bits per heavy atom. The number of hydrogen-bond donors (Lipinski definition) is 2. The maximum Gasteiger partial charge on any atom is 0.407 e. The van der Waals surface area contributed by atoms with Crippen molar-refractivity contribution in [3.63, 3.8) is 0 Å². The number of hydrogen-bond acceptors (Lipinski definition) is 8. The quantitative estimate of drug-likeness (QED) is 0.341. The Morgan fingerprint density at radius 1 is 0.884 bits per heavy atom. The number of aromatic nitrogens is 4. The molecule has 5 heterocycles. The number of alkyl halides is 1. The maximum atomic E-state index is 15.4. The molecule has 2 aromatic carbocycles. The van der Waals surface area contributed by atoms with Gasteiger partial charge in [0.2, 0.25) is 0 Å². The number of fused-ring (bicyclic) bond motifs is 1. The first kappa shape index (κ1) is 27.5. The zero-order valence-corrected chi connectivity index (χ0v) is 23.8. The second-order valence-electron chi connectivity index (χ2n) is 11.7. The second kappa shape index (κ2) is 11.4. The lowest BCUT2D eigenvalue weighted by Gasteiger charge is -2.49. The van der Waals surface area contributed by atoms with Gasteiger partial charge in [0.15, 0.2) is 5.65 Å². The predicted molar refractivity (Wildman–Crippen MR) is 160 cm³/mol. The Labute approximate surface area is 248 Å². The molecule has 0 radical (unpaired) electrons.